The van der Waals surface area contributed by atoms with Gasteiger partial charge in [-0.05, 0) is 80.2 Å². The molecule has 3 aliphatic rings. The van der Waals surface area contributed by atoms with Gasteiger partial charge in [0.2, 0.25) is 0 Å². The quantitative estimate of drug-likeness (QED) is 0.299. The summed E-state index contributed by atoms with van der Waals surface area (Å²) in [4.78, 5) is 18.8. The summed E-state index contributed by atoms with van der Waals surface area (Å²) >= 11 is 5.97. The largest absolute Gasteiger partial charge is 0.545 e. The summed E-state index contributed by atoms with van der Waals surface area (Å²) < 4.78 is 35.1. The van der Waals surface area contributed by atoms with Crippen molar-refractivity contribution >= 4 is 28.6 Å². The van der Waals surface area contributed by atoms with E-state index in [-0.39, 0.29) is 17.6 Å². The molecule has 0 spiro atoms. The number of carbonyl (C=O) groups excluding carboxylic acids is 1. The van der Waals surface area contributed by atoms with Crippen LogP contribution in [0.3, 0.4) is 0 Å². The molecular formula is C32H30ClFN3O5-. The van der Waals surface area contributed by atoms with Gasteiger partial charge in [-0.1, -0.05) is 29.8 Å². The number of benzene rings is 3. The molecule has 218 valence electrons. The van der Waals surface area contributed by atoms with Crippen molar-refractivity contribution in [1.29, 1.82) is 0 Å². The topological polar surface area (TPSA) is 88.9 Å². The third-order valence-electron chi connectivity index (χ3n) is 8.67. The molecule has 0 N–H and O–H groups in total. The van der Waals surface area contributed by atoms with Crippen LogP contribution in [-0.4, -0.2) is 46.2 Å². The fourth-order valence-electron chi connectivity index (χ4n) is 6.30. The van der Waals surface area contributed by atoms with E-state index in [9.17, 15) is 14.3 Å². The zero-order valence-corrected chi connectivity index (χ0v) is 23.9. The lowest BCUT2D eigenvalue weighted by Crippen LogP contribution is -2.35. The number of para-hydroxylation sites is 1. The maximum absolute atomic E-state index is 14.8. The number of likely N-dealkylation sites (tertiary alicyclic amines) is 1. The molecule has 0 unspecified atom stereocenters. The first-order chi connectivity index (χ1) is 20.3. The Balaban J connectivity index is 1.08. The van der Waals surface area contributed by atoms with Gasteiger partial charge in [0.15, 0.2) is 11.5 Å². The van der Waals surface area contributed by atoms with Gasteiger partial charge in [0.25, 0.3) is 5.79 Å². The number of nitrogens with zero attached hydrogens (tertiary/aromatic N) is 3. The molecule has 7 rings (SSSR count). The van der Waals surface area contributed by atoms with Crippen molar-refractivity contribution in [3.8, 4) is 11.5 Å². The van der Waals surface area contributed by atoms with Crippen LogP contribution in [0.25, 0.3) is 11.0 Å². The van der Waals surface area contributed by atoms with E-state index in [0.29, 0.717) is 35.2 Å². The number of fused-ring (bicyclic) bond motifs is 2. The van der Waals surface area contributed by atoms with Gasteiger partial charge in [-0.15, -0.1) is 0 Å². The Morgan fingerprint density at radius 1 is 1.12 bits per heavy atom. The van der Waals surface area contributed by atoms with Crippen LogP contribution < -0.4 is 14.6 Å². The molecule has 1 aromatic heterocycles. The van der Waals surface area contributed by atoms with Crippen molar-refractivity contribution in [3.05, 3.63) is 88.0 Å². The number of piperidine rings is 1. The molecule has 2 fully saturated rings. The third kappa shape index (κ3) is 4.89. The lowest BCUT2D eigenvalue weighted by molar-refractivity contribution is -0.255. The lowest BCUT2D eigenvalue weighted by atomic mass is 9.88. The molecule has 2 atom stereocenters. The van der Waals surface area contributed by atoms with E-state index in [2.05, 4.69) is 15.5 Å². The molecule has 3 aromatic carbocycles. The van der Waals surface area contributed by atoms with Crippen LogP contribution in [0.5, 0.6) is 11.5 Å². The molecule has 42 heavy (non-hydrogen) atoms. The van der Waals surface area contributed by atoms with Crippen molar-refractivity contribution < 1.29 is 28.5 Å². The van der Waals surface area contributed by atoms with E-state index in [1.54, 1.807) is 37.3 Å². The van der Waals surface area contributed by atoms with Gasteiger partial charge in [-0.2, -0.15) is 0 Å². The molecule has 10 heteroatoms. The summed E-state index contributed by atoms with van der Waals surface area (Å²) in [7, 11) is 0. The van der Waals surface area contributed by atoms with Gasteiger partial charge in [0, 0.05) is 24.1 Å². The smallest absolute Gasteiger partial charge is 0.278 e. The fraction of sp³-hybridized carbons (Fsp3) is 0.375. The Bertz CT molecular complexity index is 1680. The van der Waals surface area contributed by atoms with Crippen LogP contribution in [0, 0.1) is 5.82 Å². The molecule has 0 radical (unpaired) electrons. The molecule has 0 amide bonds. The number of carboxylic acids is 1. The van der Waals surface area contributed by atoms with Gasteiger partial charge in [-0.3, -0.25) is 4.90 Å². The molecule has 2 saturated heterocycles. The number of carbonyl (C=O) groups is 1. The van der Waals surface area contributed by atoms with Crippen molar-refractivity contribution in [1.82, 2.24) is 14.5 Å². The van der Waals surface area contributed by atoms with E-state index in [4.69, 9.17) is 30.8 Å². The number of halogens is 2. The third-order valence-corrected chi connectivity index (χ3v) is 8.90. The molecule has 0 aliphatic carbocycles. The number of hydrogen-bond donors (Lipinski definition) is 0. The first kappa shape index (κ1) is 27.2. The number of ether oxygens (including phenoxy) is 3. The maximum atomic E-state index is 14.8. The number of hydrogen-bond acceptors (Lipinski definition) is 7. The van der Waals surface area contributed by atoms with E-state index >= 15 is 0 Å². The second-order valence-corrected chi connectivity index (χ2v) is 11.8. The molecular weight excluding hydrogens is 561 g/mol. The van der Waals surface area contributed by atoms with Crippen LogP contribution in [0.2, 0.25) is 5.02 Å². The summed E-state index contributed by atoms with van der Waals surface area (Å²) in [5.41, 5.74) is 3.05. The van der Waals surface area contributed by atoms with Crippen molar-refractivity contribution in [2.24, 2.45) is 0 Å². The predicted molar refractivity (Wildman–Crippen MR) is 152 cm³/mol. The van der Waals surface area contributed by atoms with Gasteiger partial charge >= 0.3 is 0 Å². The Morgan fingerprint density at radius 3 is 2.64 bits per heavy atom. The highest BCUT2D eigenvalue weighted by Crippen LogP contribution is 2.49. The molecule has 0 saturated carbocycles. The number of rotatable bonds is 7. The van der Waals surface area contributed by atoms with E-state index in [1.165, 1.54) is 6.07 Å². The fourth-order valence-corrected chi connectivity index (χ4v) is 6.45. The number of imidazole rings is 1. The van der Waals surface area contributed by atoms with Gasteiger partial charge in [0.1, 0.15) is 11.6 Å². The SMILES string of the molecule is C[C@@]1(c2ccc(Cl)cc2F)Oc2cccc(C3CCN(Cc4nc5ccc(C(=O)[O-])cc5n4C[C@@H]4CCO4)CC3)c2O1. The Labute approximate surface area is 247 Å². The second kappa shape index (κ2) is 10.6. The zero-order chi connectivity index (χ0) is 29.0. The van der Waals surface area contributed by atoms with Crippen LogP contribution in [0.1, 0.15) is 59.4 Å². The molecule has 3 aliphatic heterocycles. The summed E-state index contributed by atoms with van der Waals surface area (Å²) in [6.45, 7) is 5.46. The second-order valence-electron chi connectivity index (χ2n) is 11.4. The van der Waals surface area contributed by atoms with E-state index < -0.39 is 17.6 Å². The van der Waals surface area contributed by atoms with E-state index in [0.717, 1.165) is 61.4 Å². The first-order valence-corrected chi connectivity index (χ1v) is 14.7. The van der Waals surface area contributed by atoms with Crippen LogP contribution in [0.15, 0.2) is 54.6 Å². The minimum Gasteiger partial charge on any atom is -0.545 e. The summed E-state index contributed by atoms with van der Waals surface area (Å²) in [5.74, 6) is -0.536. The average molecular weight is 591 g/mol. The summed E-state index contributed by atoms with van der Waals surface area (Å²) in [6, 6.07) is 15.3. The van der Waals surface area contributed by atoms with Gasteiger partial charge < -0.3 is 28.7 Å². The van der Waals surface area contributed by atoms with Crippen molar-refractivity contribution in [2.75, 3.05) is 19.7 Å². The Hall–Kier alpha value is -3.66. The highest BCUT2D eigenvalue weighted by Gasteiger charge is 2.43. The molecule has 8 nitrogen and oxygen atoms in total. The highest BCUT2D eigenvalue weighted by molar-refractivity contribution is 6.30. The highest BCUT2D eigenvalue weighted by atomic mass is 35.5. The number of carboxylic acid groups (broad SMARTS) is 1. The molecule has 4 aromatic rings. The zero-order valence-electron chi connectivity index (χ0n) is 23.1. The first-order valence-electron chi connectivity index (χ1n) is 14.3. The standard InChI is InChI=1S/C32H31ClFN3O5/c1-32(24-7-6-21(33)16-25(24)34)41-28-4-2-3-23(30(28)42-32)19-9-12-36(13-10-19)18-29-35-26-8-5-20(31(38)39)15-27(26)37(29)17-22-11-14-40-22/h2-8,15-16,19,22H,9-14,17-18H2,1H3,(H,38,39)/p-1/t22-,32+/m0/s1. The van der Waals surface area contributed by atoms with Crippen LogP contribution in [-0.2, 0) is 23.6 Å². The van der Waals surface area contributed by atoms with Crippen LogP contribution in [0.4, 0.5) is 4.39 Å². The van der Waals surface area contributed by atoms with Gasteiger partial charge in [-0.25, -0.2) is 9.37 Å². The minimum absolute atomic E-state index is 0.105. The summed E-state index contributed by atoms with van der Waals surface area (Å²) in [6.07, 6.45) is 2.90. The molecule has 4 heterocycles. The van der Waals surface area contributed by atoms with Gasteiger partial charge in [0.05, 0.1) is 41.8 Å². The monoisotopic (exact) mass is 590 g/mol. The number of aromatic nitrogens is 2. The van der Waals surface area contributed by atoms with Crippen molar-refractivity contribution in [3.63, 3.8) is 0 Å². The average Bonchev–Trinajstić information content (AvgIpc) is 3.47. The summed E-state index contributed by atoms with van der Waals surface area (Å²) in [5, 5.41) is 11.8. The van der Waals surface area contributed by atoms with Crippen molar-refractivity contribution in [2.45, 2.75) is 57.1 Å². The normalized spacial score (nSPS) is 22.4. The molecule has 0 bridgehead atoms. The minimum atomic E-state index is -1.28. The number of aromatic carboxylic acids is 1. The maximum Gasteiger partial charge on any atom is 0.278 e. The Morgan fingerprint density at radius 2 is 1.93 bits per heavy atom. The van der Waals surface area contributed by atoms with Crippen LogP contribution >= 0.6 is 11.6 Å². The lowest BCUT2D eigenvalue weighted by Gasteiger charge is -2.33. The van der Waals surface area contributed by atoms with E-state index in [1.807, 2.05) is 12.1 Å². The Kier molecular flexibility index (Phi) is 6.84. The predicted octanol–water partition coefficient (Wildman–Crippen LogP) is 5.00.